The molecular formula is C16H32N2O. The maximum absolute atomic E-state index is 12.7. The van der Waals surface area contributed by atoms with Gasteiger partial charge in [-0.2, -0.15) is 0 Å². The predicted octanol–water partition coefficient (Wildman–Crippen LogP) is 3.39. The molecule has 1 aliphatic rings. The summed E-state index contributed by atoms with van der Waals surface area (Å²) in [5.74, 6) is 1.50. The molecule has 1 N–H and O–H groups in total. The minimum atomic E-state index is 0.0318. The van der Waals surface area contributed by atoms with Crippen LogP contribution in [0.1, 0.15) is 67.2 Å². The number of nitrogens with one attached hydrogen (secondary N) is 1. The summed E-state index contributed by atoms with van der Waals surface area (Å²) in [4.78, 5) is 14.8. The number of amides is 1. The van der Waals surface area contributed by atoms with Crippen molar-refractivity contribution in [2.24, 2.45) is 11.8 Å². The van der Waals surface area contributed by atoms with E-state index in [4.69, 9.17) is 0 Å². The maximum Gasteiger partial charge on any atom is 0.241 e. The second kappa shape index (κ2) is 7.28. The zero-order chi connectivity index (χ0) is 14.6. The molecule has 3 nitrogen and oxygen atoms in total. The number of rotatable bonds is 7. The molecule has 112 valence electrons. The highest BCUT2D eigenvalue weighted by Crippen LogP contribution is 2.25. The Balaban J connectivity index is 2.84. The lowest BCUT2D eigenvalue weighted by Crippen LogP contribution is -2.44. The molecule has 1 rings (SSSR count). The van der Waals surface area contributed by atoms with Crippen molar-refractivity contribution in [1.29, 1.82) is 0 Å². The minimum Gasteiger partial charge on any atom is -0.323 e. The van der Waals surface area contributed by atoms with Gasteiger partial charge in [0.05, 0.1) is 12.2 Å². The first kappa shape index (κ1) is 16.5. The zero-order valence-corrected chi connectivity index (χ0v) is 13.6. The Labute approximate surface area is 119 Å². The van der Waals surface area contributed by atoms with Crippen LogP contribution in [-0.4, -0.2) is 29.1 Å². The van der Waals surface area contributed by atoms with E-state index in [0.717, 1.165) is 25.7 Å². The van der Waals surface area contributed by atoms with Crippen molar-refractivity contribution < 1.29 is 4.79 Å². The molecule has 1 heterocycles. The van der Waals surface area contributed by atoms with Crippen molar-refractivity contribution in [2.75, 3.05) is 0 Å². The van der Waals surface area contributed by atoms with Gasteiger partial charge in [0.25, 0.3) is 0 Å². The maximum atomic E-state index is 12.7. The molecule has 2 atom stereocenters. The molecule has 0 saturated carbocycles. The standard InChI is InChI=1S/C16H32N2O/c1-7-13(8-2)18-15(10-12(5)6)17-14(16(18)19)9-11(3)4/h11-15,17H,7-10H2,1-6H3. The van der Waals surface area contributed by atoms with Crippen LogP contribution < -0.4 is 5.32 Å². The number of hydrogen-bond acceptors (Lipinski definition) is 2. The molecule has 0 bridgehead atoms. The van der Waals surface area contributed by atoms with Crippen molar-refractivity contribution in [2.45, 2.75) is 85.5 Å². The second-order valence-electron chi connectivity index (χ2n) is 6.71. The first-order valence-electron chi connectivity index (χ1n) is 7.98. The zero-order valence-electron chi connectivity index (χ0n) is 13.6. The van der Waals surface area contributed by atoms with E-state index in [1.54, 1.807) is 0 Å². The third-order valence-corrected chi connectivity index (χ3v) is 4.02. The molecule has 0 spiro atoms. The Morgan fingerprint density at radius 2 is 1.58 bits per heavy atom. The molecule has 0 aromatic heterocycles. The molecule has 1 amide bonds. The highest BCUT2D eigenvalue weighted by Gasteiger charge is 2.41. The lowest BCUT2D eigenvalue weighted by atomic mass is 10.0. The van der Waals surface area contributed by atoms with Gasteiger partial charge in [0.1, 0.15) is 0 Å². The lowest BCUT2D eigenvalue weighted by Gasteiger charge is -2.32. The van der Waals surface area contributed by atoms with Crippen LogP contribution in [0.2, 0.25) is 0 Å². The molecule has 1 aliphatic heterocycles. The molecule has 1 fully saturated rings. The summed E-state index contributed by atoms with van der Waals surface area (Å²) >= 11 is 0. The molecule has 19 heavy (non-hydrogen) atoms. The topological polar surface area (TPSA) is 32.3 Å². The van der Waals surface area contributed by atoms with E-state index in [9.17, 15) is 4.79 Å². The highest BCUT2D eigenvalue weighted by molar-refractivity contribution is 5.84. The average molecular weight is 268 g/mol. The fourth-order valence-corrected chi connectivity index (χ4v) is 3.10. The molecule has 0 aromatic rings. The largest absolute Gasteiger partial charge is 0.323 e. The van der Waals surface area contributed by atoms with Crippen molar-refractivity contribution in [3.63, 3.8) is 0 Å². The number of hydrogen-bond donors (Lipinski definition) is 1. The SMILES string of the molecule is CCC(CC)N1C(=O)C(CC(C)C)NC1CC(C)C. The Kier molecular flexibility index (Phi) is 6.31. The van der Waals surface area contributed by atoms with E-state index in [1.807, 2.05) is 0 Å². The predicted molar refractivity (Wildman–Crippen MR) is 80.8 cm³/mol. The fraction of sp³-hybridized carbons (Fsp3) is 0.938. The van der Waals surface area contributed by atoms with Gasteiger partial charge >= 0.3 is 0 Å². The van der Waals surface area contributed by atoms with Gasteiger partial charge in [-0.1, -0.05) is 41.5 Å². The summed E-state index contributed by atoms with van der Waals surface area (Å²) < 4.78 is 0. The summed E-state index contributed by atoms with van der Waals surface area (Å²) in [6.07, 6.45) is 4.34. The van der Waals surface area contributed by atoms with Crippen molar-refractivity contribution >= 4 is 5.91 Å². The van der Waals surface area contributed by atoms with Gasteiger partial charge in [0.2, 0.25) is 5.91 Å². The van der Waals surface area contributed by atoms with Crippen LogP contribution in [0.15, 0.2) is 0 Å². The van der Waals surface area contributed by atoms with Gasteiger partial charge in [-0.25, -0.2) is 0 Å². The Bertz CT molecular complexity index is 284. The van der Waals surface area contributed by atoms with Gasteiger partial charge in [0, 0.05) is 6.04 Å². The average Bonchev–Trinajstić information content (AvgIpc) is 2.58. The quantitative estimate of drug-likeness (QED) is 0.767. The molecule has 1 saturated heterocycles. The summed E-state index contributed by atoms with van der Waals surface area (Å²) in [6, 6.07) is 0.422. The van der Waals surface area contributed by atoms with Crippen LogP contribution in [0.3, 0.4) is 0 Å². The first-order valence-corrected chi connectivity index (χ1v) is 7.98. The smallest absolute Gasteiger partial charge is 0.241 e. The molecular weight excluding hydrogens is 236 g/mol. The van der Waals surface area contributed by atoms with Crippen LogP contribution >= 0.6 is 0 Å². The van der Waals surface area contributed by atoms with Crippen LogP contribution in [0.4, 0.5) is 0 Å². The lowest BCUT2D eigenvalue weighted by molar-refractivity contribution is -0.132. The van der Waals surface area contributed by atoms with E-state index in [1.165, 1.54) is 0 Å². The number of carbonyl (C=O) groups is 1. The van der Waals surface area contributed by atoms with Gasteiger partial charge in [-0.15, -0.1) is 0 Å². The van der Waals surface area contributed by atoms with Crippen LogP contribution in [0.25, 0.3) is 0 Å². The highest BCUT2D eigenvalue weighted by atomic mass is 16.2. The molecule has 2 unspecified atom stereocenters. The Morgan fingerprint density at radius 1 is 1.05 bits per heavy atom. The molecule has 0 radical (unpaired) electrons. The monoisotopic (exact) mass is 268 g/mol. The van der Waals surface area contributed by atoms with Gasteiger partial charge in [-0.05, 0) is 37.5 Å². The minimum absolute atomic E-state index is 0.0318. The van der Waals surface area contributed by atoms with Crippen LogP contribution in [0.5, 0.6) is 0 Å². The summed E-state index contributed by atoms with van der Waals surface area (Å²) in [5.41, 5.74) is 0. The van der Waals surface area contributed by atoms with Crippen LogP contribution in [-0.2, 0) is 4.79 Å². The molecule has 0 aliphatic carbocycles. The third kappa shape index (κ3) is 4.20. The molecule has 0 aromatic carbocycles. The van der Waals surface area contributed by atoms with E-state index >= 15 is 0 Å². The molecule has 3 heteroatoms. The van der Waals surface area contributed by atoms with Crippen molar-refractivity contribution in [3.8, 4) is 0 Å². The Morgan fingerprint density at radius 3 is 2.00 bits per heavy atom. The first-order chi connectivity index (χ1) is 8.90. The van der Waals surface area contributed by atoms with Gasteiger partial charge in [-0.3, -0.25) is 10.1 Å². The van der Waals surface area contributed by atoms with Crippen molar-refractivity contribution in [1.82, 2.24) is 10.2 Å². The second-order valence-corrected chi connectivity index (χ2v) is 6.71. The third-order valence-electron chi connectivity index (χ3n) is 4.02. The van der Waals surface area contributed by atoms with E-state index in [2.05, 4.69) is 51.8 Å². The Hall–Kier alpha value is -0.570. The number of carbonyl (C=O) groups excluding carboxylic acids is 1. The fourth-order valence-electron chi connectivity index (χ4n) is 3.10. The van der Waals surface area contributed by atoms with Gasteiger partial charge < -0.3 is 4.90 Å². The summed E-state index contributed by atoms with van der Waals surface area (Å²) in [7, 11) is 0. The number of nitrogens with zero attached hydrogens (tertiary/aromatic N) is 1. The normalized spacial score (nSPS) is 24.3. The van der Waals surface area contributed by atoms with Crippen molar-refractivity contribution in [3.05, 3.63) is 0 Å². The van der Waals surface area contributed by atoms with E-state index in [-0.39, 0.29) is 12.2 Å². The summed E-state index contributed by atoms with van der Waals surface area (Å²) in [6.45, 7) is 13.2. The van der Waals surface area contributed by atoms with E-state index in [0.29, 0.717) is 23.8 Å². The van der Waals surface area contributed by atoms with Gasteiger partial charge in [0.15, 0.2) is 0 Å². The van der Waals surface area contributed by atoms with E-state index < -0.39 is 0 Å². The van der Waals surface area contributed by atoms with Crippen LogP contribution in [0, 0.1) is 11.8 Å². The summed E-state index contributed by atoms with van der Waals surface area (Å²) in [5, 5.41) is 3.58.